The second-order valence-electron chi connectivity index (χ2n) is 10.8. The van der Waals surface area contributed by atoms with E-state index in [2.05, 4.69) is 9.88 Å². The minimum Gasteiger partial charge on any atom is -0.368 e. The van der Waals surface area contributed by atoms with Crippen molar-refractivity contribution in [1.29, 1.82) is 0 Å². The summed E-state index contributed by atoms with van der Waals surface area (Å²) in [5.74, 6) is -1.69. The Morgan fingerprint density at radius 2 is 1.57 bits per heavy atom. The van der Waals surface area contributed by atoms with Gasteiger partial charge in [-0.1, -0.05) is 29.8 Å². The first-order valence-corrected chi connectivity index (χ1v) is 13.7. The molecular weight excluding hydrogens is 552 g/mol. The lowest BCUT2D eigenvalue weighted by molar-refractivity contribution is -0.263. The Morgan fingerprint density at radius 3 is 2.10 bits per heavy atom. The van der Waals surface area contributed by atoms with E-state index in [-0.39, 0.29) is 30.1 Å². The summed E-state index contributed by atoms with van der Waals surface area (Å²) in [6, 6.07) is 7.42. The van der Waals surface area contributed by atoms with Gasteiger partial charge in [-0.3, -0.25) is 9.59 Å². The molecule has 0 bridgehead atoms. The molecule has 2 aromatic rings. The monoisotopic (exact) mass is 584 g/mol. The number of hydrogen-bond donors (Lipinski definition) is 1. The van der Waals surface area contributed by atoms with Crippen LogP contribution in [0.5, 0.6) is 0 Å². The summed E-state index contributed by atoms with van der Waals surface area (Å²) in [6.45, 7) is 1.65. The number of likely N-dealkylation sites (tertiary alicyclic amines) is 1. The fourth-order valence-corrected chi connectivity index (χ4v) is 5.85. The van der Waals surface area contributed by atoms with Gasteiger partial charge in [-0.05, 0) is 62.1 Å². The Morgan fingerprint density at radius 1 is 1.00 bits per heavy atom. The van der Waals surface area contributed by atoms with Gasteiger partial charge in [0, 0.05) is 45.8 Å². The van der Waals surface area contributed by atoms with Crippen molar-refractivity contribution < 1.29 is 32.3 Å². The Labute approximate surface area is 235 Å². The average Bonchev–Trinajstić information content (AvgIpc) is 2.92. The molecule has 7 nitrogen and oxygen atoms in total. The number of carbonyl (C=O) groups is 2. The number of amides is 2. The Bertz CT molecular complexity index is 1230. The van der Waals surface area contributed by atoms with Gasteiger partial charge in [-0.25, -0.2) is 9.37 Å². The average molecular weight is 585 g/mol. The zero-order valence-corrected chi connectivity index (χ0v) is 23.2. The SMILES string of the molecule is CN(C)C(=O)c1ccc(N2CCC(CC3CCN(C(=O)[C@@](O)(c4ccccc4F)C(F)(F)F)CC3)CC2)nc1Cl. The second kappa shape index (κ2) is 11.9. The van der Waals surface area contributed by atoms with Crippen LogP contribution in [-0.4, -0.2) is 78.2 Å². The number of rotatable bonds is 6. The lowest BCUT2D eigenvalue weighted by Crippen LogP contribution is -2.57. The molecule has 4 rings (SSSR count). The van der Waals surface area contributed by atoms with Crippen molar-refractivity contribution in [3.8, 4) is 0 Å². The van der Waals surface area contributed by atoms with Crippen LogP contribution in [0.3, 0.4) is 0 Å². The zero-order valence-electron chi connectivity index (χ0n) is 22.4. The van der Waals surface area contributed by atoms with E-state index >= 15 is 0 Å². The highest BCUT2D eigenvalue weighted by Crippen LogP contribution is 2.42. The third-order valence-electron chi connectivity index (χ3n) is 7.96. The number of piperidine rings is 2. The molecule has 0 radical (unpaired) electrons. The molecule has 2 amide bonds. The van der Waals surface area contributed by atoms with Crippen LogP contribution in [0, 0.1) is 17.7 Å². The number of nitrogens with zero attached hydrogens (tertiary/aromatic N) is 4. The first-order valence-electron chi connectivity index (χ1n) is 13.3. The minimum atomic E-state index is -5.38. The van der Waals surface area contributed by atoms with E-state index < -0.39 is 29.1 Å². The fraction of sp³-hybridized carbons (Fsp3) is 0.536. The lowest BCUT2D eigenvalue weighted by atomic mass is 9.82. The summed E-state index contributed by atoms with van der Waals surface area (Å²) < 4.78 is 56.0. The number of anilines is 1. The molecule has 2 saturated heterocycles. The molecule has 218 valence electrons. The topological polar surface area (TPSA) is 77.0 Å². The summed E-state index contributed by atoms with van der Waals surface area (Å²) in [5.41, 5.74) is -4.68. The normalized spacial score (nSPS) is 18.9. The Hall–Kier alpha value is -2.92. The molecule has 0 spiro atoms. The number of aliphatic hydroxyl groups is 1. The van der Waals surface area contributed by atoms with Crippen molar-refractivity contribution in [3.63, 3.8) is 0 Å². The van der Waals surface area contributed by atoms with Crippen molar-refractivity contribution in [2.75, 3.05) is 45.2 Å². The van der Waals surface area contributed by atoms with E-state index in [0.717, 1.165) is 55.5 Å². The van der Waals surface area contributed by atoms with Gasteiger partial charge in [0.25, 0.3) is 17.4 Å². The predicted molar refractivity (Wildman–Crippen MR) is 142 cm³/mol. The number of hydrogen-bond acceptors (Lipinski definition) is 5. The van der Waals surface area contributed by atoms with Gasteiger partial charge in [0.05, 0.1) is 5.56 Å². The van der Waals surface area contributed by atoms with Crippen LogP contribution in [0.15, 0.2) is 36.4 Å². The van der Waals surface area contributed by atoms with Crippen LogP contribution < -0.4 is 4.90 Å². The maximum absolute atomic E-state index is 14.2. The van der Waals surface area contributed by atoms with Crippen LogP contribution in [0.25, 0.3) is 0 Å². The molecule has 2 fully saturated rings. The molecule has 1 N–H and O–H groups in total. The van der Waals surface area contributed by atoms with Crippen molar-refractivity contribution in [1.82, 2.24) is 14.8 Å². The van der Waals surface area contributed by atoms with E-state index in [1.807, 2.05) is 0 Å². The van der Waals surface area contributed by atoms with Crippen LogP contribution in [0.4, 0.5) is 23.4 Å². The van der Waals surface area contributed by atoms with Crippen LogP contribution in [0.1, 0.15) is 48.0 Å². The van der Waals surface area contributed by atoms with E-state index in [0.29, 0.717) is 30.1 Å². The van der Waals surface area contributed by atoms with Crippen molar-refractivity contribution >= 4 is 29.2 Å². The summed E-state index contributed by atoms with van der Waals surface area (Å²) in [5, 5.41) is 10.7. The van der Waals surface area contributed by atoms with E-state index in [9.17, 15) is 32.3 Å². The predicted octanol–water partition coefficient (Wildman–Crippen LogP) is 4.87. The molecule has 3 heterocycles. The minimum absolute atomic E-state index is 0.0651. The van der Waals surface area contributed by atoms with Crippen LogP contribution in [-0.2, 0) is 10.4 Å². The smallest absolute Gasteiger partial charge is 0.368 e. The third kappa shape index (κ3) is 6.05. The Balaban J connectivity index is 1.31. The number of pyridine rings is 1. The van der Waals surface area contributed by atoms with Gasteiger partial charge in [0.15, 0.2) is 0 Å². The molecule has 1 aromatic heterocycles. The molecule has 2 aliphatic rings. The van der Waals surface area contributed by atoms with Crippen molar-refractivity contribution in [2.24, 2.45) is 11.8 Å². The second-order valence-corrected chi connectivity index (χ2v) is 11.2. The molecule has 1 aromatic carbocycles. The number of benzene rings is 1. The highest BCUT2D eigenvalue weighted by molar-refractivity contribution is 6.32. The van der Waals surface area contributed by atoms with Gasteiger partial charge in [0.1, 0.15) is 16.8 Å². The number of carbonyl (C=O) groups excluding carboxylic acids is 2. The summed E-state index contributed by atoms with van der Waals surface area (Å²) in [7, 11) is 3.29. The highest BCUT2D eigenvalue weighted by atomic mass is 35.5. The van der Waals surface area contributed by atoms with Crippen LogP contribution >= 0.6 is 11.6 Å². The zero-order chi connectivity index (χ0) is 29.2. The van der Waals surface area contributed by atoms with E-state index in [4.69, 9.17) is 11.6 Å². The largest absolute Gasteiger partial charge is 0.430 e. The lowest BCUT2D eigenvalue weighted by Gasteiger charge is -2.40. The third-order valence-corrected chi connectivity index (χ3v) is 8.25. The molecule has 0 unspecified atom stereocenters. The molecule has 40 heavy (non-hydrogen) atoms. The Kier molecular flexibility index (Phi) is 8.94. The molecule has 1 atom stereocenters. The summed E-state index contributed by atoms with van der Waals surface area (Å²) >= 11 is 6.26. The molecule has 12 heteroatoms. The number of halogens is 5. The molecular formula is C28H33ClF4N4O3. The molecule has 0 saturated carbocycles. The van der Waals surface area contributed by atoms with Crippen molar-refractivity contribution in [2.45, 2.75) is 43.9 Å². The highest BCUT2D eigenvalue weighted by Gasteiger charge is 2.63. The van der Waals surface area contributed by atoms with Gasteiger partial charge in [-0.2, -0.15) is 13.2 Å². The van der Waals surface area contributed by atoms with Crippen LogP contribution in [0.2, 0.25) is 5.15 Å². The summed E-state index contributed by atoms with van der Waals surface area (Å²) in [6.07, 6.45) is -1.67. The van der Waals surface area contributed by atoms with Gasteiger partial charge in [0.2, 0.25) is 0 Å². The summed E-state index contributed by atoms with van der Waals surface area (Å²) in [4.78, 5) is 34.1. The van der Waals surface area contributed by atoms with E-state index in [1.54, 1.807) is 26.2 Å². The van der Waals surface area contributed by atoms with E-state index in [1.165, 1.54) is 11.0 Å². The molecule has 2 aliphatic heterocycles. The quantitative estimate of drug-likeness (QED) is 0.387. The number of alkyl halides is 3. The van der Waals surface area contributed by atoms with Crippen molar-refractivity contribution in [3.05, 3.63) is 58.5 Å². The first kappa shape index (κ1) is 30.0. The fourth-order valence-electron chi connectivity index (χ4n) is 5.61. The maximum Gasteiger partial charge on any atom is 0.430 e. The standard InChI is InChI=1S/C28H33ClF4N4O3/c1-35(2)25(38)20-7-8-23(34-24(20)29)36-13-9-18(10-14-36)17-19-11-15-37(16-12-19)26(39)27(40,28(31,32)33)21-5-3-4-6-22(21)30/h3-8,18-19,40H,9-17H2,1-2H3/t27-/m0/s1. The maximum atomic E-state index is 14.2. The number of aromatic nitrogens is 1. The van der Waals surface area contributed by atoms with Gasteiger partial charge >= 0.3 is 6.18 Å². The van der Waals surface area contributed by atoms with Gasteiger partial charge in [-0.15, -0.1) is 0 Å². The van der Waals surface area contributed by atoms with Gasteiger partial charge < -0.3 is 19.8 Å². The molecule has 0 aliphatic carbocycles. The first-order chi connectivity index (χ1) is 18.8.